The van der Waals surface area contributed by atoms with Crippen LogP contribution in [0.5, 0.6) is 0 Å². The number of hydrogen-bond acceptors (Lipinski definition) is 8. The summed E-state index contributed by atoms with van der Waals surface area (Å²) in [6.45, 7) is 4.29. The minimum absolute atomic E-state index is 0.0988. The highest BCUT2D eigenvalue weighted by atomic mass is 32.2. The van der Waals surface area contributed by atoms with Gasteiger partial charge in [-0.3, -0.25) is 4.79 Å². The van der Waals surface area contributed by atoms with Gasteiger partial charge in [0, 0.05) is 13.1 Å². The number of sulfonamides is 1. The van der Waals surface area contributed by atoms with Gasteiger partial charge in [-0.25, -0.2) is 8.42 Å². The van der Waals surface area contributed by atoms with Crippen LogP contribution in [0.25, 0.3) is 10.7 Å². The zero-order chi connectivity index (χ0) is 22.0. The van der Waals surface area contributed by atoms with Gasteiger partial charge in [0.1, 0.15) is 0 Å². The number of thiophene rings is 1. The van der Waals surface area contributed by atoms with Crippen molar-refractivity contribution >= 4 is 27.3 Å². The van der Waals surface area contributed by atoms with E-state index in [1.807, 2.05) is 37.4 Å². The molecule has 8 nitrogen and oxygen atoms in total. The van der Waals surface area contributed by atoms with E-state index in [1.54, 1.807) is 12.1 Å². The van der Waals surface area contributed by atoms with Gasteiger partial charge in [0.2, 0.25) is 15.8 Å². The molecule has 1 saturated heterocycles. The Labute approximate surface area is 184 Å². The molecule has 0 N–H and O–H groups in total. The first-order valence-corrected chi connectivity index (χ1v) is 12.3. The Morgan fingerprint density at radius 3 is 2.68 bits per heavy atom. The Hall–Kier alpha value is -2.56. The number of rotatable bonds is 6. The van der Waals surface area contributed by atoms with Crippen LogP contribution in [0.15, 0.2) is 45.1 Å². The number of nitrogens with zero attached hydrogens (tertiary/aromatic N) is 3. The quantitative estimate of drug-likeness (QED) is 0.517. The van der Waals surface area contributed by atoms with E-state index in [1.165, 1.54) is 15.6 Å². The Balaban J connectivity index is 1.31. The van der Waals surface area contributed by atoms with Crippen molar-refractivity contribution in [1.82, 2.24) is 14.4 Å². The molecule has 0 aliphatic carbocycles. The summed E-state index contributed by atoms with van der Waals surface area (Å²) in [7, 11) is -3.58. The lowest BCUT2D eigenvalue weighted by Gasteiger charge is -2.30. The van der Waals surface area contributed by atoms with Crippen molar-refractivity contribution in [3.63, 3.8) is 0 Å². The highest BCUT2D eigenvalue weighted by molar-refractivity contribution is 7.89. The summed E-state index contributed by atoms with van der Waals surface area (Å²) in [6.07, 6.45) is 0.820. The molecule has 1 aliphatic rings. The lowest BCUT2D eigenvalue weighted by Crippen LogP contribution is -2.40. The minimum Gasteiger partial charge on any atom is -0.455 e. The molecule has 2 aromatic heterocycles. The van der Waals surface area contributed by atoms with Gasteiger partial charge in [0.15, 0.2) is 6.61 Å². The molecule has 10 heteroatoms. The number of aryl methyl sites for hydroxylation is 2. The number of benzene rings is 1. The summed E-state index contributed by atoms with van der Waals surface area (Å²) in [5.41, 5.74) is 1.98. The van der Waals surface area contributed by atoms with E-state index in [9.17, 15) is 13.2 Å². The molecule has 4 rings (SSSR count). The fourth-order valence-electron chi connectivity index (χ4n) is 3.43. The molecule has 1 aliphatic heterocycles. The predicted octanol–water partition coefficient (Wildman–Crippen LogP) is 3.56. The number of carbonyl (C=O) groups is 1. The lowest BCUT2D eigenvalue weighted by atomic mass is 9.98. The highest BCUT2D eigenvalue weighted by Crippen LogP contribution is 2.26. The van der Waals surface area contributed by atoms with Crippen LogP contribution in [0.3, 0.4) is 0 Å². The summed E-state index contributed by atoms with van der Waals surface area (Å²) in [5, 5.41) is 5.80. The third-order valence-corrected chi connectivity index (χ3v) is 8.21. The van der Waals surface area contributed by atoms with Gasteiger partial charge in [0.05, 0.1) is 15.7 Å². The zero-order valence-electron chi connectivity index (χ0n) is 17.3. The highest BCUT2D eigenvalue weighted by Gasteiger charge is 2.33. The number of piperidine rings is 1. The molecule has 0 bridgehead atoms. The third-order valence-electron chi connectivity index (χ3n) is 5.45. The van der Waals surface area contributed by atoms with Gasteiger partial charge in [0.25, 0.3) is 5.89 Å². The van der Waals surface area contributed by atoms with E-state index in [4.69, 9.17) is 9.26 Å². The molecule has 1 aromatic carbocycles. The third kappa shape index (κ3) is 4.70. The summed E-state index contributed by atoms with van der Waals surface area (Å²) in [4.78, 5) is 17.8. The summed E-state index contributed by atoms with van der Waals surface area (Å²) in [6, 6.07) is 8.91. The second kappa shape index (κ2) is 8.89. The Kier molecular flexibility index (Phi) is 6.22. The van der Waals surface area contributed by atoms with Crippen molar-refractivity contribution in [2.75, 3.05) is 13.1 Å². The molecule has 31 heavy (non-hydrogen) atoms. The van der Waals surface area contributed by atoms with E-state index in [-0.39, 0.29) is 42.4 Å². The Morgan fingerprint density at radius 2 is 2.00 bits per heavy atom. The van der Waals surface area contributed by atoms with Gasteiger partial charge in [-0.05, 0) is 61.4 Å². The molecule has 0 amide bonds. The number of carbonyl (C=O) groups excluding carboxylic acids is 1. The van der Waals surface area contributed by atoms with Crippen molar-refractivity contribution < 1.29 is 22.5 Å². The normalized spacial score (nSPS) is 15.8. The van der Waals surface area contributed by atoms with Gasteiger partial charge < -0.3 is 9.26 Å². The second-order valence-corrected chi connectivity index (χ2v) is 10.4. The van der Waals surface area contributed by atoms with E-state index >= 15 is 0 Å². The lowest BCUT2D eigenvalue weighted by molar-refractivity contribution is -0.152. The number of ether oxygens (including phenoxy) is 1. The standard InChI is InChI=1S/C21H23N3O5S2/c1-14-5-6-17(12-15(14)2)31(26,27)24-9-7-16(8-10-24)21(25)28-13-19-22-20(23-29-19)18-4-3-11-30-18/h3-6,11-12,16H,7-10,13H2,1-2H3. The average Bonchev–Trinajstić information content (AvgIpc) is 3.46. The van der Waals surface area contributed by atoms with Crippen LogP contribution in [0.1, 0.15) is 29.9 Å². The average molecular weight is 462 g/mol. The molecular weight excluding hydrogens is 438 g/mol. The fourth-order valence-corrected chi connectivity index (χ4v) is 5.63. The zero-order valence-corrected chi connectivity index (χ0v) is 18.9. The first-order valence-electron chi connectivity index (χ1n) is 9.95. The molecule has 0 atom stereocenters. The van der Waals surface area contributed by atoms with E-state index in [0.29, 0.717) is 18.7 Å². The van der Waals surface area contributed by atoms with Gasteiger partial charge in [-0.1, -0.05) is 17.3 Å². The van der Waals surface area contributed by atoms with Crippen molar-refractivity contribution in [1.29, 1.82) is 0 Å². The maximum absolute atomic E-state index is 12.9. The second-order valence-electron chi connectivity index (χ2n) is 7.52. The van der Waals surface area contributed by atoms with E-state index in [2.05, 4.69) is 10.1 Å². The van der Waals surface area contributed by atoms with Crippen LogP contribution in [-0.4, -0.2) is 41.9 Å². The SMILES string of the molecule is Cc1ccc(S(=O)(=O)N2CCC(C(=O)OCc3nc(-c4cccs4)no3)CC2)cc1C. The predicted molar refractivity (Wildman–Crippen MR) is 115 cm³/mol. The van der Waals surface area contributed by atoms with Crippen LogP contribution in [0.4, 0.5) is 0 Å². The van der Waals surface area contributed by atoms with Crippen molar-refractivity contribution in [2.24, 2.45) is 5.92 Å². The van der Waals surface area contributed by atoms with Crippen LogP contribution in [-0.2, 0) is 26.2 Å². The van der Waals surface area contributed by atoms with Gasteiger partial charge in [-0.15, -0.1) is 11.3 Å². The van der Waals surface area contributed by atoms with Crippen LogP contribution >= 0.6 is 11.3 Å². The molecule has 0 spiro atoms. The van der Waals surface area contributed by atoms with E-state index in [0.717, 1.165) is 16.0 Å². The van der Waals surface area contributed by atoms with Crippen molar-refractivity contribution in [3.05, 3.63) is 52.7 Å². The maximum atomic E-state index is 12.9. The fraction of sp³-hybridized carbons (Fsp3) is 0.381. The monoisotopic (exact) mass is 461 g/mol. The Morgan fingerprint density at radius 1 is 1.23 bits per heavy atom. The molecule has 3 heterocycles. The molecule has 164 valence electrons. The van der Waals surface area contributed by atoms with Crippen molar-refractivity contribution in [2.45, 2.75) is 38.2 Å². The molecule has 0 saturated carbocycles. The smallest absolute Gasteiger partial charge is 0.309 e. The number of hydrogen-bond donors (Lipinski definition) is 0. The molecule has 3 aromatic rings. The molecular formula is C21H23N3O5S2. The first-order chi connectivity index (χ1) is 14.8. The van der Waals surface area contributed by atoms with E-state index < -0.39 is 10.0 Å². The number of aromatic nitrogens is 2. The largest absolute Gasteiger partial charge is 0.455 e. The minimum atomic E-state index is -3.58. The van der Waals surface area contributed by atoms with Gasteiger partial charge in [-0.2, -0.15) is 9.29 Å². The van der Waals surface area contributed by atoms with Crippen LogP contribution in [0, 0.1) is 19.8 Å². The summed E-state index contributed by atoms with van der Waals surface area (Å²) < 4.78 is 37.7. The maximum Gasteiger partial charge on any atom is 0.309 e. The Bertz CT molecular complexity index is 1160. The summed E-state index contributed by atoms with van der Waals surface area (Å²) >= 11 is 1.49. The molecule has 0 unspecified atom stereocenters. The molecule has 0 radical (unpaired) electrons. The first kappa shape index (κ1) is 21.7. The molecule has 1 fully saturated rings. The van der Waals surface area contributed by atoms with Crippen molar-refractivity contribution in [3.8, 4) is 10.7 Å². The number of esters is 1. The van der Waals surface area contributed by atoms with Gasteiger partial charge >= 0.3 is 5.97 Å². The topological polar surface area (TPSA) is 103 Å². The van der Waals surface area contributed by atoms with Crippen LogP contribution in [0.2, 0.25) is 0 Å². The van der Waals surface area contributed by atoms with Crippen LogP contribution < -0.4 is 0 Å². The summed E-state index contributed by atoms with van der Waals surface area (Å²) in [5.74, 6) is -0.0394.